The molecule has 0 amide bonds. The summed E-state index contributed by atoms with van der Waals surface area (Å²) < 4.78 is 0. The second kappa shape index (κ2) is 3.44. The molecule has 6 heavy (non-hydrogen) atoms. The average Bonchev–Trinajstić information content (AvgIpc) is 1.35. The van der Waals surface area contributed by atoms with Crippen molar-refractivity contribution < 1.29 is 4.79 Å². The van der Waals surface area contributed by atoms with E-state index in [1.807, 2.05) is 0 Å². The van der Waals surface area contributed by atoms with E-state index in [1.165, 1.54) is 0 Å². The van der Waals surface area contributed by atoms with E-state index < -0.39 is 4.84 Å². The quantitative estimate of drug-likeness (QED) is 0.509. The van der Waals surface area contributed by atoms with Crippen LogP contribution in [0.3, 0.4) is 0 Å². The van der Waals surface area contributed by atoms with Gasteiger partial charge in [-0.15, -0.1) is 23.2 Å². The highest BCUT2D eigenvalue weighted by atomic mass is 35.5. The van der Waals surface area contributed by atoms with Gasteiger partial charge in [-0.2, -0.15) is 0 Å². The Morgan fingerprint density at radius 2 is 2.17 bits per heavy atom. The Morgan fingerprint density at radius 3 is 2.17 bits per heavy atom. The van der Waals surface area contributed by atoms with Gasteiger partial charge < -0.3 is 0 Å². The maximum atomic E-state index is 9.32. The van der Waals surface area contributed by atoms with Gasteiger partial charge in [0.1, 0.15) is 4.84 Å². The summed E-state index contributed by atoms with van der Waals surface area (Å²) in [5.41, 5.74) is 0. The first kappa shape index (κ1) is 6.25. The second-order valence-electron chi connectivity index (χ2n) is 0.740. The molecule has 0 aliphatic rings. The van der Waals surface area contributed by atoms with Gasteiger partial charge in [0.15, 0.2) is 0 Å². The van der Waals surface area contributed by atoms with E-state index in [9.17, 15) is 4.79 Å². The minimum atomic E-state index is -0.581. The zero-order valence-electron chi connectivity index (χ0n) is 2.95. The predicted octanol–water partition coefficient (Wildman–Crippen LogP) is 1.29. The van der Waals surface area contributed by atoms with E-state index >= 15 is 0 Å². The van der Waals surface area contributed by atoms with Crippen LogP contribution in [0.5, 0.6) is 0 Å². The summed E-state index contributed by atoms with van der Waals surface area (Å²) >= 11 is 10.2. The van der Waals surface area contributed by atoms with Gasteiger partial charge in [0.25, 0.3) is 0 Å². The monoisotopic (exact) mass is 125 g/mol. The standard InChI is InChI=1S/C3H3Cl2O/c4-3(5)1-2-6/h3H,1H2. The first-order valence-corrected chi connectivity index (χ1v) is 2.28. The van der Waals surface area contributed by atoms with E-state index in [4.69, 9.17) is 23.2 Å². The second-order valence-corrected chi connectivity index (χ2v) is 2.02. The lowest BCUT2D eigenvalue weighted by Gasteiger charge is -1.83. The van der Waals surface area contributed by atoms with Crippen molar-refractivity contribution in [1.29, 1.82) is 0 Å². The molecule has 0 aliphatic carbocycles. The van der Waals surface area contributed by atoms with Gasteiger partial charge in [0.05, 0.1) is 0 Å². The molecule has 0 atom stereocenters. The van der Waals surface area contributed by atoms with Crippen LogP contribution in [0.15, 0.2) is 0 Å². The fraction of sp³-hybridized carbons (Fsp3) is 0.667. The van der Waals surface area contributed by atoms with E-state index in [-0.39, 0.29) is 6.42 Å². The Balaban J connectivity index is 2.81. The zero-order chi connectivity index (χ0) is 4.99. The number of hydrogen-bond donors (Lipinski definition) is 0. The van der Waals surface area contributed by atoms with E-state index in [0.29, 0.717) is 0 Å². The molecule has 1 nitrogen and oxygen atoms in total. The number of alkyl halides is 2. The summed E-state index contributed by atoms with van der Waals surface area (Å²) in [6.45, 7) is 0. The topological polar surface area (TPSA) is 17.1 Å². The Labute approximate surface area is 46.2 Å². The zero-order valence-corrected chi connectivity index (χ0v) is 4.46. The van der Waals surface area contributed by atoms with Crippen LogP contribution >= 0.6 is 23.2 Å². The van der Waals surface area contributed by atoms with Crippen molar-refractivity contribution in [2.75, 3.05) is 0 Å². The first-order chi connectivity index (χ1) is 2.77. The minimum absolute atomic E-state index is 0.100. The summed E-state index contributed by atoms with van der Waals surface area (Å²) in [6, 6.07) is 0. The van der Waals surface area contributed by atoms with Gasteiger partial charge in [0.2, 0.25) is 6.29 Å². The molecule has 0 saturated heterocycles. The molecule has 3 heteroatoms. The molecule has 0 fully saturated rings. The number of halogens is 2. The van der Waals surface area contributed by atoms with E-state index in [0.717, 1.165) is 0 Å². The molecular formula is C3H3Cl2O. The molecule has 0 saturated carbocycles. The Morgan fingerprint density at radius 1 is 1.67 bits per heavy atom. The molecule has 0 aliphatic heterocycles. The van der Waals surface area contributed by atoms with Crippen molar-refractivity contribution in [1.82, 2.24) is 0 Å². The highest BCUT2D eigenvalue weighted by Gasteiger charge is 1.93. The van der Waals surface area contributed by atoms with Crippen LogP contribution in [-0.2, 0) is 4.79 Å². The summed E-state index contributed by atoms with van der Waals surface area (Å²) in [6.07, 6.45) is 1.65. The number of hydrogen-bond acceptors (Lipinski definition) is 1. The van der Waals surface area contributed by atoms with Crippen LogP contribution in [0.1, 0.15) is 6.42 Å². The summed E-state index contributed by atoms with van der Waals surface area (Å²) in [4.78, 5) is 8.74. The fourth-order valence-corrected chi connectivity index (χ4v) is 0.189. The Hall–Kier alpha value is 0.250. The number of rotatable bonds is 2. The molecule has 0 aromatic heterocycles. The van der Waals surface area contributed by atoms with Crippen LogP contribution in [0.2, 0.25) is 0 Å². The van der Waals surface area contributed by atoms with Crippen LogP contribution in [0, 0.1) is 0 Å². The van der Waals surface area contributed by atoms with Crippen molar-refractivity contribution in [3.8, 4) is 0 Å². The molecule has 0 aromatic carbocycles. The van der Waals surface area contributed by atoms with Crippen LogP contribution in [0.25, 0.3) is 0 Å². The van der Waals surface area contributed by atoms with Crippen molar-refractivity contribution in [3.05, 3.63) is 0 Å². The van der Waals surface area contributed by atoms with Gasteiger partial charge >= 0.3 is 0 Å². The van der Waals surface area contributed by atoms with Crippen LogP contribution < -0.4 is 0 Å². The van der Waals surface area contributed by atoms with Gasteiger partial charge in [0, 0.05) is 6.42 Å². The van der Waals surface area contributed by atoms with Crippen LogP contribution in [0.4, 0.5) is 0 Å². The van der Waals surface area contributed by atoms with Crippen molar-refractivity contribution in [3.63, 3.8) is 0 Å². The average molecular weight is 126 g/mol. The Kier molecular flexibility index (Phi) is 3.58. The third-order valence-electron chi connectivity index (χ3n) is 0.238. The third kappa shape index (κ3) is 4.25. The van der Waals surface area contributed by atoms with Gasteiger partial charge in [-0.25, -0.2) is 0 Å². The molecule has 0 unspecified atom stereocenters. The lowest BCUT2D eigenvalue weighted by atomic mass is 10.6. The van der Waals surface area contributed by atoms with Crippen LogP contribution in [-0.4, -0.2) is 11.1 Å². The highest BCUT2D eigenvalue weighted by molar-refractivity contribution is 6.44. The normalized spacial score (nSPS) is 9.17. The Bertz CT molecular complexity index is 44.1. The minimum Gasteiger partial charge on any atom is -0.291 e. The third-order valence-corrected chi connectivity index (χ3v) is 0.546. The molecular weight excluding hydrogens is 123 g/mol. The predicted molar refractivity (Wildman–Crippen MR) is 25.8 cm³/mol. The largest absolute Gasteiger partial charge is 0.291 e. The van der Waals surface area contributed by atoms with E-state index in [2.05, 4.69) is 0 Å². The molecule has 0 aromatic rings. The maximum Gasteiger partial charge on any atom is 0.201 e. The van der Waals surface area contributed by atoms with E-state index in [1.54, 1.807) is 6.29 Å². The van der Waals surface area contributed by atoms with Gasteiger partial charge in [-0.3, -0.25) is 4.79 Å². The number of carbonyl (C=O) groups excluding carboxylic acids is 1. The first-order valence-electron chi connectivity index (χ1n) is 1.40. The molecule has 0 heterocycles. The van der Waals surface area contributed by atoms with Crippen molar-refractivity contribution >= 4 is 29.5 Å². The molecule has 0 bridgehead atoms. The van der Waals surface area contributed by atoms with Crippen molar-refractivity contribution in [2.45, 2.75) is 11.3 Å². The molecule has 0 N–H and O–H groups in total. The summed E-state index contributed by atoms with van der Waals surface area (Å²) in [7, 11) is 0. The smallest absolute Gasteiger partial charge is 0.201 e. The maximum absolute atomic E-state index is 9.32. The SMILES string of the molecule is O=[C]CC(Cl)Cl. The lowest BCUT2D eigenvalue weighted by molar-refractivity contribution is 0.553. The van der Waals surface area contributed by atoms with Gasteiger partial charge in [-0.05, 0) is 0 Å². The molecule has 0 spiro atoms. The lowest BCUT2D eigenvalue weighted by Crippen LogP contribution is -1.84. The van der Waals surface area contributed by atoms with Gasteiger partial charge in [-0.1, -0.05) is 0 Å². The molecule has 1 radical (unpaired) electrons. The molecule has 0 rings (SSSR count). The summed E-state index contributed by atoms with van der Waals surface area (Å²) in [5.74, 6) is 0. The highest BCUT2D eigenvalue weighted by Crippen LogP contribution is 2.02. The molecule has 35 valence electrons. The van der Waals surface area contributed by atoms with Crippen molar-refractivity contribution in [2.24, 2.45) is 0 Å². The summed E-state index contributed by atoms with van der Waals surface area (Å²) in [5, 5.41) is 0. The fourth-order valence-electron chi connectivity index (χ4n) is 0.0630.